The van der Waals surface area contributed by atoms with Crippen LogP contribution in [0.4, 0.5) is 0 Å². The molecule has 0 aliphatic carbocycles. The van der Waals surface area contributed by atoms with E-state index in [1.807, 2.05) is 31.3 Å². The van der Waals surface area contributed by atoms with Crippen molar-refractivity contribution >= 4 is 16.7 Å². The maximum Gasteiger partial charge on any atom is 0.303 e. The lowest BCUT2D eigenvalue weighted by molar-refractivity contribution is -0.136. The molecule has 0 atom stereocenters. The Morgan fingerprint density at radius 1 is 1.31 bits per heavy atom. The number of carbonyl (C=O) groups is 1. The predicted octanol–water partition coefficient (Wildman–Crippen LogP) is 2.56. The highest BCUT2D eigenvalue weighted by Gasteiger charge is 2.05. The Hall–Kier alpha value is -1.90. The normalized spacial score (nSPS) is 10.6. The van der Waals surface area contributed by atoms with Gasteiger partial charge in [-0.1, -0.05) is 12.1 Å². The zero-order chi connectivity index (χ0) is 11.5. The minimum absolute atomic E-state index is 0.167. The van der Waals surface area contributed by atoms with Crippen molar-refractivity contribution in [3.05, 3.63) is 41.7 Å². The number of fused-ring (bicyclic) bond motifs is 1. The zero-order valence-corrected chi connectivity index (χ0v) is 9.10. The molecule has 1 aromatic heterocycles. The van der Waals surface area contributed by atoms with Crippen LogP contribution in [0.25, 0.3) is 10.8 Å². The maximum atomic E-state index is 10.6. The van der Waals surface area contributed by atoms with Gasteiger partial charge in [-0.2, -0.15) is 0 Å². The van der Waals surface area contributed by atoms with Crippen LogP contribution in [0.2, 0.25) is 0 Å². The first-order valence-corrected chi connectivity index (χ1v) is 5.22. The van der Waals surface area contributed by atoms with E-state index >= 15 is 0 Å². The standard InChI is InChI=1S/C13H13NO2/c1-9-2-3-10(4-5-13(15)16)11-6-7-14-8-12(9)11/h2-3,6-8H,4-5H2,1H3,(H,15,16). The van der Waals surface area contributed by atoms with Gasteiger partial charge < -0.3 is 5.11 Å². The third kappa shape index (κ3) is 2.03. The molecule has 2 aromatic rings. The van der Waals surface area contributed by atoms with E-state index in [1.165, 1.54) is 5.56 Å². The summed E-state index contributed by atoms with van der Waals surface area (Å²) in [6.45, 7) is 2.03. The number of rotatable bonds is 3. The van der Waals surface area contributed by atoms with Gasteiger partial charge in [-0.05, 0) is 35.9 Å². The van der Waals surface area contributed by atoms with Crippen LogP contribution in [0.1, 0.15) is 17.5 Å². The number of carboxylic acids is 1. The number of aryl methyl sites for hydroxylation is 2. The number of hydrogen-bond acceptors (Lipinski definition) is 2. The first-order valence-electron chi connectivity index (χ1n) is 5.22. The van der Waals surface area contributed by atoms with Crippen LogP contribution in [0.3, 0.4) is 0 Å². The van der Waals surface area contributed by atoms with E-state index in [1.54, 1.807) is 6.20 Å². The molecule has 0 saturated heterocycles. The molecule has 0 spiro atoms. The molecule has 0 aliphatic rings. The van der Waals surface area contributed by atoms with Crippen molar-refractivity contribution in [1.29, 1.82) is 0 Å². The Balaban J connectivity index is 2.46. The minimum Gasteiger partial charge on any atom is -0.481 e. The van der Waals surface area contributed by atoms with Crippen molar-refractivity contribution in [3.8, 4) is 0 Å². The summed E-state index contributed by atoms with van der Waals surface area (Å²) in [5.41, 5.74) is 2.24. The molecule has 16 heavy (non-hydrogen) atoms. The monoisotopic (exact) mass is 215 g/mol. The molecule has 3 heteroatoms. The SMILES string of the molecule is Cc1ccc(CCC(=O)O)c2ccncc12. The van der Waals surface area contributed by atoms with Gasteiger partial charge in [0.15, 0.2) is 0 Å². The molecule has 0 saturated carbocycles. The smallest absolute Gasteiger partial charge is 0.303 e. The third-order valence-electron chi connectivity index (χ3n) is 2.73. The largest absolute Gasteiger partial charge is 0.481 e. The fourth-order valence-corrected chi connectivity index (χ4v) is 1.85. The number of hydrogen-bond donors (Lipinski definition) is 1. The van der Waals surface area contributed by atoms with Crippen LogP contribution in [0.5, 0.6) is 0 Å². The van der Waals surface area contributed by atoms with Gasteiger partial charge >= 0.3 is 5.97 Å². The minimum atomic E-state index is -0.761. The van der Waals surface area contributed by atoms with Gasteiger partial charge in [0.25, 0.3) is 0 Å². The highest BCUT2D eigenvalue weighted by molar-refractivity contribution is 5.88. The van der Waals surface area contributed by atoms with E-state index < -0.39 is 5.97 Å². The van der Waals surface area contributed by atoms with E-state index in [9.17, 15) is 4.79 Å². The lowest BCUT2D eigenvalue weighted by atomic mass is 9.99. The highest BCUT2D eigenvalue weighted by Crippen LogP contribution is 2.22. The summed E-state index contributed by atoms with van der Waals surface area (Å²) in [6.07, 6.45) is 4.30. The Bertz CT molecular complexity index is 534. The van der Waals surface area contributed by atoms with Crippen LogP contribution >= 0.6 is 0 Å². The molecule has 1 N–H and O–H groups in total. The fraction of sp³-hybridized carbons (Fsp3) is 0.231. The molecule has 0 radical (unpaired) electrons. The Morgan fingerprint density at radius 3 is 2.88 bits per heavy atom. The molecule has 2 rings (SSSR count). The Kier molecular flexibility index (Phi) is 2.86. The molecule has 3 nitrogen and oxygen atoms in total. The lowest BCUT2D eigenvalue weighted by Crippen LogP contribution is -1.98. The van der Waals surface area contributed by atoms with Crippen molar-refractivity contribution in [1.82, 2.24) is 4.98 Å². The molecule has 0 bridgehead atoms. The van der Waals surface area contributed by atoms with Gasteiger partial charge in [-0.15, -0.1) is 0 Å². The molecule has 0 unspecified atom stereocenters. The van der Waals surface area contributed by atoms with E-state index in [0.29, 0.717) is 6.42 Å². The number of nitrogens with zero attached hydrogens (tertiary/aromatic N) is 1. The summed E-state index contributed by atoms with van der Waals surface area (Å²) in [7, 11) is 0. The van der Waals surface area contributed by atoms with Crippen LogP contribution < -0.4 is 0 Å². The van der Waals surface area contributed by atoms with Gasteiger partial charge in [0.05, 0.1) is 0 Å². The van der Waals surface area contributed by atoms with Crippen LogP contribution in [-0.4, -0.2) is 16.1 Å². The molecule has 0 aliphatic heterocycles. The van der Waals surface area contributed by atoms with Crippen molar-refractivity contribution in [2.45, 2.75) is 19.8 Å². The summed E-state index contributed by atoms with van der Waals surface area (Å²) in [5, 5.41) is 10.9. The van der Waals surface area contributed by atoms with Gasteiger partial charge in [0.2, 0.25) is 0 Å². The molecule has 1 heterocycles. The fourth-order valence-electron chi connectivity index (χ4n) is 1.85. The first-order chi connectivity index (χ1) is 7.68. The number of aromatic nitrogens is 1. The van der Waals surface area contributed by atoms with Gasteiger partial charge in [0, 0.05) is 24.2 Å². The topological polar surface area (TPSA) is 50.2 Å². The predicted molar refractivity (Wildman–Crippen MR) is 62.4 cm³/mol. The van der Waals surface area contributed by atoms with Crippen molar-refractivity contribution < 1.29 is 9.90 Å². The van der Waals surface area contributed by atoms with Crippen LogP contribution in [0.15, 0.2) is 30.6 Å². The maximum absolute atomic E-state index is 10.6. The molecular weight excluding hydrogens is 202 g/mol. The summed E-state index contributed by atoms with van der Waals surface area (Å²) >= 11 is 0. The van der Waals surface area contributed by atoms with Gasteiger partial charge in [-0.3, -0.25) is 9.78 Å². The Morgan fingerprint density at radius 2 is 2.12 bits per heavy atom. The summed E-state index contributed by atoms with van der Waals surface area (Å²) in [6, 6.07) is 5.96. The second kappa shape index (κ2) is 4.31. The molecular formula is C13H13NO2. The van der Waals surface area contributed by atoms with Crippen LogP contribution in [-0.2, 0) is 11.2 Å². The Labute approximate surface area is 93.7 Å². The molecule has 1 aromatic carbocycles. The van der Waals surface area contributed by atoms with Gasteiger partial charge in [-0.25, -0.2) is 0 Å². The number of benzene rings is 1. The summed E-state index contributed by atoms with van der Waals surface area (Å²) in [4.78, 5) is 14.7. The summed E-state index contributed by atoms with van der Waals surface area (Å²) in [5.74, 6) is -0.761. The summed E-state index contributed by atoms with van der Waals surface area (Å²) < 4.78 is 0. The quantitative estimate of drug-likeness (QED) is 0.856. The molecule has 0 fully saturated rings. The number of pyridine rings is 1. The molecule has 0 amide bonds. The zero-order valence-electron chi connectivity index (χ0n) is 9.10. The second-order valence-corrected chi connectivity index (χ2v) is 3.86. The van der Waals surface area contributed by atoms with E-state index in [2.05, 4.69) is 4.98 Å². The number of aliphatic carboxylic acids is 1. The van der Waals surface area contributed by atoms with Crippen LogP contribution in [0, 0.1) is 6.92 Å². The van der Waals surface area contributed by atoms with Crippen molar-refractivity contribution in [3.63, 3.8) is 0 Å². The van der Waals surface area contributed by atoms with E-state index in [4.69, 9.17) is 5.11 Å². The van der Waals surface area contributed by atoms with E-state index in [-0.39, 0.29) is 6.42 Å². The highest BCUT2D eigenvalue weighted by atomic mass is 16.4. The van der Waals surface area contributed by atoms with Crippen molar-refractivity contribution in [2.75, 3.05) is 0 Å². The average molecular weight is 215 g/mol. The molecule has 82 valence electrons. The van der Waals surface area contributed by atoms with E-state index in [0.717, 1.165) is 16.3 Å². The van der Waals surface area contributed by atoms with Crippen molar-refractivity contribution in [2.24, 2.45) is 0 Å². The number of carboxylic acid groups (broad SMARTS) is 1. The lowest BCUT2D eigenvalue weighted by Gasteiger charge is -2.07. The average Bonchev–Trinajstić information content (AvgIpc) is 2.28. The van der Waals surface area contributed by atoms with Gasteiger partial charge in [0.1, 0.15) is 0 Å². The third-order valence-corrected chi connectivity index (χ3v) is 2.73. The second-order valence-electron chi connectivity index (χ2n) is 3.86. The first kappa shape index (κ1) is 10.6.